The molecule has 0 saturated heterocycles. The molecule has 1 atom stereocenters. The molecule has 110 valence electrons. The van der Waals surface area contributed by atoms with Gasteiger partial charge in [0.05, 0.1) is 17.4 Å². The third-order valence-corrected chi connectivity index (χ3v) is 4.72. The second kappa shape index (κ2) is 5.44. The Balaban J connectivity index is 2.04. The maximum absolute atomic E-state index is 12.7. The van der Waals surface area contributed by atoms with E-state index in [0.29, 0.717) is 11.7 Å². The molecule has 2 aromatic rings. The summed E-state index contributed by atoms with van der Waals surface area (Å²) >= 11 is 1.66. The van der Waals surface area contributed by atoms with Crippen molar-refractivity contribution >= 4 is 22.6 Å². The maximum atomic E-state index is 12.7. The highest BCUT2D eigenvalue weighted by Crippen LogP contribution is 2.21. The number of nitrogens with zero attached hydrogens (tertiary/aromatic N) is 3. The molecular weight excluding hydrogens is 284 g/mol. The van der Waals surface area contributed by atoms with Crippen LogP contribution in [0.3, 0.4) is 0 Å². The largest absolute Gasteiger partial charge is 0.329 e. The molecule has 1 N–H and O–H groups in total. The number of hydrogen-bond acceptors (Lipinski definition) is 4. The van der Waals surface area contributed by atoms with Crippen molar-refractivity contribution in [1.82, 2.24) is 9.36 Å². The molecule has 1 aliphatic heterocycles. The van der Waals surface area contributed by atoms with Crippen molar-refractivity contribution in [3.8, 4) is 5.69 Å². The Morgan fingerprint density at radius 3 is 2.67 bits per heavy atom. The maximum Gasteiger partial charge on any atom is 0.295 e. The van der Waals surface area contributed by atoms with Crippen LogP contribution < -0.4 is 10.9 Å². The average Bonchev–Trinajstić information content (AvgIpc) is 2.98. The van der Waals surface area contributed by atoms with Gasteiger partial charge in [0.25, 0.3) is 5.56 Å². The summed E-state index contributed by atoms with van der Waals surface area (Å²) in [4.78, 5) is 17.2. The van der Waals surface area contributed by atoms with Crippen molar-refractivity contribution in [3.63, 3.8) is 0 Å². The van der Waals surface area contributed by atoms with E-state index in [1.807, 2.05) is 49.0 Å². The highest BCUT2D eigenvalue weighted by atomic mass is 32.2. The van der Waals surface area contributed by atoms with Gasteiger partial charge < -0.3 is 5.32 Å². The summed E-state index contributed by atoms with van der Waals surface area (Å²) in [6.45, 7) is 4.01. The Kier molecular flexibility index (Phi) is 3.63. The number of thioether (sulfide) groups is 1. The summed E-state index contributed by atoms with van der Waals surface area (Å²) in [5.74, 6) is 0.959. The first-order valence-electron chi connectivity index (χ1n) is 6.89. The summed E-state index contributed by atoms with van der Waals surface area (Å²) < 4.78 is 3.53. The molecule has 1 unspecified atom stereocenters. The molecule has 0 spiro atoms. The van der Waals surface area contributed by atoms with Crippen LogP contribution in [0, 0.1) is 6.92 Å². The fraction of sp³-hybridized carbons (Fsp3) is 0.333. The number of para-hydroxylation sites is 1. The Hall–Kier alpha value is -1.95. The number of amidine groups is 1. The summed E-state index contributed by atoms with van der Waals surface area (Å²) in [6, 6.07) is 9.95. The van der Waals surface area contributed by atoms with Gasteiger partial charge in [-0.2, -0.15) is 0 Å². The quantitative estimate of drug-likeness (QED) is 0.926. The standard InChI is InChI=1S/C15H18N4OS/c1-10-9-21-15(16-10)17-13-11(2)18(3)19(14(13)20)12-7-5-4-6-8-12/h4-8,10H,9H2,1-3H3,(H,16,17). The normalized spacial score (nSPS) is 17.9. The van der Waals surface area contributed by atoms with Crippen molar-refractivity contribution in [2.24, 2.45) is 12.0 Å². The van der Waals surface area contributed by atoms with E-state index < -0.39 is 0 Å². The molecule has 0 saturated carbocycles. The highest BCUT2D eigenvalue weighted by Gasteiger charge is 2.20. The zero-order valence-electron chi connectivity index (χ0n) is 12.3. The van der Waals surface area contributed by atoms with Crippen LogP contribution >= 0.6 is 11.8 Å². The first-order valence-corrected chi connectivity index (χ1v) is 7.88. The van der Waals surface area contributed by atoms with Crippen molar-refractivity contribution < 1.29 is 0 Å². The van der Waals surface area contributed by atoms with Crippen LogP contribution in [0.2, 0.25) is 0 Å². The number of aromatic nitrogens is 2. The van der Waals surface area contributed by atoms with Crippen LogP contribution in [0.15, 0.2) is 40.1 Å². The van der Waals surface area contributed by atoms with Gasteiger partial charge in [0, 0.05) is 12.8 Å². The number of nitrogens with one attached hydrogen (secondary N) is 1. The van der Waals surface area contributed by atoms with Gasteiger partial charge in [0.2, 0.25) is 0 Å². The van der Waals surface area contributed by atoms with Gasteiger partial charge in [0.15, 0.2) is 5.17 Å². The van der Waals surface area contributed by atoms with Gasteiger partial charge in [-0.25, -0.2) is 4.68 Å². The molecule has 0 bridgehead atoms. The molecular formula is C15H18N4OS. The first-order chi connectivity index (χ1) is 10.1. The van der Waals surface area contributed by atoms with Gasteiger partial charge in [-0.05, 0) is 26.0 Å². The number of aliphatic imine (C=N–C) groups is 1. The lowest BCUT2D eigenvalue weighted by molar-refractivity contribution is 0.630. The molecule has 1 aliphatic rings. The molecule has 6 heteroatoms. The number of hydrogen-bond donors (Lipinski definition) is 1. The number of anilines is 1. The second-order valence-electron chi connectivity index (χ2n) is 5.16. The van der Waals surface area contributed by atoms with Crippen LogP contribution in [-0.4, -0.2) is 26.3 Å². The Morgan fingerprint density at radius 2 is 2.05 bits per heavy atom. The van der Waals surface area contributed by atoms with E-state index in [-0.39, 0.29) is 5.56 Å². The van der Waals surface area contributed by atoms with Crippen molar-refractivity contribution in [2.45, 2.75) is 19.9 Å². The monoisotopic (exact) mass is 302 g/mol. The third kappa shape index (κ3) is 2.51. The molecule has 21 heavy (non-hydrogen) atoms. The molecule has 2 heterocycles. The number of benzene rings is 1. The van der Waals surface area contributed by atoms with Gasteiger partial charge in [-0.3, -0.25) is 14.5 Å². The Bertz CT molecular complexity index is 745. The molecule has 1 aromatic carbocycles. The minimum Gasteiger partial charge on any atom is -0.329 e. The van der Waals surface area contributed by atoms with E-state index in [1.54, 1.807) is 16.4 Å². The van der Waals surface area contributed by atoms with Crippen molar-refractivity contribution in [1.29, 1.82) is 0 Å². The van der Waals surface area contributed by atoms with E-state index in [0.717, 1.165) is 22.3 Å². The van der Waals surface area contributed by atoms with Crippen LogP contribution in [-0.2, 0) is 7.05 Å². The molecule has 3 rings (SSSR count). The van der Waals surface area contributed by atoms with E-state index >= 15 is 0 Å². The summed E-state index contributed by atoms with van der Waals surface area (Å²) in [6.07, 6.45) is 0. The van der Waals surface area contributed by atoms with Gasteiger partial charge >= 0.3 is 0 Å². The lowest BCUT2D eigenvalue weighted by Crippen LogP contribution is -2.21. The van der Waals surface area contributed by atoms with Crippen LogP contribution in [0.25, 0.3) is 5.69 Å². The van der Waals surface area contributed by atoms with Crippen molar-refractivity contribution in [3.05, 3.63) is 46.4 Å². The summed E-state index contributed by atoms with van der Waals surface area (Å²) in [5, 5.41) is 4.02. The summed E-state index contributed by atoms with van der Waals surface area (Å²) in [7, 11) is 1.89. The molecule has 5 nitrogen and oxygen atoms in total. The van der Waals surface area contributed by atoms with E-state index in [4.69, 9.17) is 0 Å². The van der Waals surface area contributed by atoms with E-state index in [2.05, 4.69) is 17.2 Å². The Morgan fingerprint density at radius 1 is 1.33 bits per heavy atom. The van der Waals surface area contributed by atoms with Gasteiger partial charge in [-0.1, -0.05) is 30.0 Å². The molecule has 0 radical (unpaired) electrons. The van der Waals surface area contributed by atoms with E-state index in [1.165, 1.54) is 0 Å². The number of rotatable bonds is 2. The minimum absolute atomic E-state index is 0.0518. The zero-order valence-corrected chi connectivity index (χ0v) is 13.1. The summed E-state index contributed by atoms with van der Waals surface area (Å²) in [5.41, 5.74) is 2.30. The fourth-order valence-electron chi connectivity index (χ4n) is 2.36. The lowest BCUT2D eigenvalue weighted by Gasteiger charge is -2.07. The second-order valence-corrected chi connectivity index (χ2v) is 6.16. The molecule has 0 amide bonds. The Labute approximate surface area is 127 Å². The minimum atomic E-state index is -0.0518. The third-order valence-electron chi connectivity index (χ3n) is 3.59. The van der Waals surface area contributed by atoms with Gasteiger partial charge in [-0.15, -0.1) is 0 Å². The zero-order chi connectivity index (χ0) is 15.0. The topological polar surface area (TPSA) is 51.3 Å². The molecule has 1 aromatic heterocycles. The molecule has 0 fully saturated rings. The highest BCUT2D eigenvalue weighted by molar-refractivity contribution is 8.14. The van der Waals surface area contributed by atoms with Crippen LogP contribution in [0.1, 0.15) is 12.6 Å². The van der Waals surface area contributed by atoms with Crippen LogP contribution in [0.5, 0.6) is 0 Å². The smallest absolute Gasteiger partial charge is 0.295 e. The first kappa shape index (κ1) is 14.0. The lowest BCUT2D eigenvalue weighted by atomic mass is 10.3. The average molecular weight is 302 g/mol. The van der Waals surface area contributed by atoms with Crippen molar-refractivity contribution in [2.75, 3.05) is 11.1 Å². The van der Waals surface area contributed by atoms with E-state index in [9.17, 15) is 4.79 Å². The predicted octanol–water partition coefficient (Wildman–Crippen LogP) is 2.39. The fourth-order valence-corrected chi connectivity index (χ4v) is 3.26. The predicted molar refractivity (Wildman–Crippen MR) is 88.7 cm³/mol. The SMILES string of the molecule is Cc1c(NC2=NC(C)CS2)c(=O)n(-c2ccccc2)n1C. The van der Waals surface area contributed by atoms with Crippen LogP contribution in [0.4, 0.5) is 5.69 Å². The molecule has 0 aliphatic carbocycles. The van der Waals surface area contributed by atoms with Gasteiger partial charge in [0.1, 0.15) is 5.69 Å².